The van der Waals surface area contributed by atoms with Gasteiger partial charge in [0.2, 0.25) is 10.0 Å². The van der Waals surface area contributed by atoms with Gasteiger partial charge in [0.1, 0.15) is 4.90 Å². The zero-order chi connectivity index (χ0) is 13.9. The number of sulfonamides is 1. The van der Waals surface area contributed by atoms with Crippen molar-refractivity contribution in [2.75, 3.05) is 34.9 Å². The second-order valence-electron chi connectivity index (χ2n) is 4.21. The van der Waals surface area contributed by atoms with E-state index in [4.69, 9.17) is 10.9 Å². The monoisotopic (exact) mass is 319 g/mol. The molecular weight excluding hydrogens is 302 g/mol. The van der Waals surface area contributed by atoms with Gasteiger partial charge in [-0.25, -0.2) is 13.6 Å². The highest BCUT2D eigenvalue weighted by Gasteiger charge is 2.17. The molecule has 1 aromatic rings. The summed E-state index contributed by atoms with van der Waals surface area (Å²) in [6.45, 7) is 0.774. The lowest BCUT2D eigenvalue weighted by atomic mass is 10.2. The van der Waals surface area contributed by atoms with Gasteiger partial charge in [0, 0.05) is 29.1 Å². The maximum absolute atomic E-state index is 11.4. The van der Waals surface area contributed by atoms with Crippen LogP contribution in [0.4, 0.5) is 11.4 Å². The lowest BCUT2D eigenvalue weighted by Gasteiger charge is -2.22. The molecule has 19 heavy (non-hydrogen) atoms. The number of hydrogen-bond donors (Lipinski definition) is 3. The van der Waals surface area contributed by atoms with Crippen LogP contribution in [0.15, 0.2) is 23.1 Å². The number of thioether (sulfide) groups is 2. The molecule has 1 saturated heterocycles. The summed E-state index contributed by atoms with van der Waals surface area (Å²) in [5.74, 6) is 3.46. The molecule has 1 heterocycles. The average Bonchev–Trinajstić information content (AvgIpc) is 2.37. The minimum atomic E-state index is -3.77. The summed E-state index contributed by atoms with van der Waals surface area (Å²) < 4.78 is 22.7. The predicted octanol–water partition coefficient (Wildman–Crippen LogP) is 1.18. The molecule has 0 amide bonds. The predicted molar refractivity (Wildman–Crippen MR) is 84.3 cm³/mol. The second-order valence-corrected chi connectivity index (χ2v) is 8.30. The first-order valence-corrected chi connectivity index (χ1v) is 9.58. The highest BCUT2D eigenvalue weighted by molar-refractivity contribution is 8.06. The molecule has 1 aliphatic rings. The minimum Gasteiger partial charge on any atom is -0.396 e. The van der Waals surface area contributed by atoms with Gasteiger partial charge in [0.25, 0.3) is 0 Å². The molecule has 0 spiro atoms. The Kier molecular flexibility index (Phi) is 4.88. The van der Waals surface area contributed by atoms with E-state index < -0.39 is 10.0 Å². The molecule has 0 aromatic heterocycles. The zero-order valence-corrected chi connectivity index (χ0v) is 12.8. The SMILES string of the molecule is Nc1c(NCC2CSCCS2)cccc1S(N)(=O)=O. The van der Waals surface area contributed by atoms with Crippen LogP contribution in [0.5, 0.6) is 0 Å². The molecule has 0 saturated carbocycles. The van der Waals surface area contributed by atoms with Gasteiger partial charge in [-0.3, -0.25) is 0 Å². The van der Waals surface area contributed by atoms with E-state index in [1.807, 2.05) is 23.5 Å². The lowest BCUT2D eigenvalue weighted by molar-refractivity contribution is 0.598. The molecule has 1 fully saturated rings. The van der Waals surface area contributed by atoms with Crippen molar-refractivity contribution in [1.29, 1.82) is 0 Å². The van der Waals surface area contributed by atoms with E-state index in [1.165, 1.54) is 11.8 Å². The number of primary sulfonamides is 1. The van der Waals surface area contributed by atoms with E-state index in [1.54, 1.807) is 12.1 Å². The van der Waals surface area contributed by atoms with Crippen molar-refractivity contribution in [2.45, 2.75) is 10.1 Å². The molecule has 1 atom stereocenters. The van der Waals surface area contributed by atoms with E-state index in [-0.39, 0.29) is 10.6 Å². The van der Waals surface area contributed by atoms with Gasteiger partial charge in [0.05, 0.1) is 11.4 Å². The van der Waals surface area contributed by atoms with Gasteiger partial charge in [-0.2, -0.15) is 23.5 Å². The van der Waals surface area contributed by atoms with Crippen LogP contribution in [0.1, 0.15) is 0 Å². The summed E-state index contributed by atoms with van der Waals surface area (Å²) in [6.07, 6.45) is 0. The maximum atomic E-state index is 11.4. The van der Waals surface area contributed by atoms with Crippen molar-refractivity contribution in [3.8, 4) is 0 Å². The number of para-hydroxylation sites is 1. The van der Waals surface area contributed by atoms with Gasteiger partial charge >= 0.3 is 0 Å². The van der Waals surface area contributed by atoms with Crippen LogP contribution in [-0.2, 0) is 10.0 Å². The Morgan fingerprint density at radius 3 is 2.79 bits per heavy atom. The van der Waals surface area contributed by atoms with Crippen LogP contribution < -0.4 is 16.2 Å². The average molecular weight is 319 g/mol. The Balaban J connectivity index is 2.08. The van der Waals surface area contributed by atoms with Gasteiger partial charge in [-0.05, 0) is 12.1 Å². The normalized spacial score (nSPS) is 20.2. The molecule has 0 aliphatic carbocycles. The summed E-state index contributed by atoms with van der Waals surface area (Å²) in [4.78, 5) is -0.0248. The van der Waals surface area contributed by atoms with Crippen LogP contribution >= 0.6 is 23.5 Å². The Hall–Kier alpha value is -0.570. The van der Waals surface area contributed by atoms with Crippen LogP contribution in [0.3, 0.4) is 0 Å². The molecule has 1 unspecified atom stereocenters. The number of hydrogen-bond acceptors (Lipinski definition) is 6. The Morgan fingerprint density at radius 2 is 2.16 bits per heavy atom. The van der Waals surface area contributed by atoms with Crippen LogP contribution in [0, 0.1) is 0 Å². The number of benzene rings is 1. The first-order chi connectivity index (χ1) is 8.98. The molecule has 0 radical (unpaired) electrons. The van der Waals surface area contributed by atoms with Gasteiger partial charge in [-0.15, -0.1) is 0 Å². The fraction of sp³-hybridized carbons (Fsp3) is 0.455. The number of nitrogens with one attached hydrogen (secondary N) is 1. The van der Waals surface area contributed by atoms with E-state index in [9.17, 15) is 8.42 Å². The standard InChI is InChI=1S/C11H17N3O2S3/c12-11-9(2-1-3-10(11)19(13,15)16)14-6-8-7-17-4-5-18-8/h1-3,8,14H,4-7,12H2,(H2,13,15,16). The molecule has 106 valence electrons. The first-order valence-electron chi connectivity index (χ1n) is 5.83. The fourth-order valence-electron chi connectivity index (χ4n) is 1.82. The summed E-state index contributed by atoms with van der Waals surface area (Å²) >= 11 is 3.87. The Labute approximate surface area is 121 Å². The summed E-state index contributed by atoms with van der Waals surface area (Å²) in [7, 11) is -3.77. The van der Waals surface area contributed by atoms with E-state index in [2.05, 4.69) is 5.32 Å². The van der Waals surface area contributed by atoms with Crippen molar-refractivity contribution in [3.63, 3.8) is 0 Å². The molecule has 2 rings (SSSR count). The first kappa shape index (κ1) is 14.8. The third-order valence-corrected chi connectivity index (χ3v) is 6.59. The summed E-state index contributed by atoms with van der Waals surface area (Å²) in [5.41, 5.74) is 6.67. The number of nitrogens with two attached hydrogens (primary N) is 2. The number of nitrogen functional groups attached to an aromatic ring is 1. The molecule has 8 heteroatoms. The zero-order valence-electron chi connectivity index (χ0n) is 10.3. The van der Waals surface area contributed by atoms with Crippen LogP contribution in [0.2, 0.25) is 0 Å². The van der Waals surface area contributed by atoms with E-state index in [0.717, 1.165) is 18.1 Å². The number of rotatable bonds is 4. The van der Waals surface area contributed by atoms with Crippen molar-refractivity contribution in [3.05, 3.63) is 18.2 Å². The molecule has 0 bridgehead atoms. The minimum absolute atomic E-state index is 0.0248. The highest BCUT2D eigenvalue weighted by atomic mass is 32.2. The third kappa shape index (κ3) is 3.95. The summed E-state index contributed by atoms with van der Waals surface area (Å²) in [6, 6.07) is 4.83. The van der Waals surface area contributed by atoms with E-state index >= 15 is 0 Å². The molecule has 5 N–H and O–H groups in total. The maximum Gasteiger partial charge on any atom is 0.240 e. The molecule has 1 aliphatic heterocycles. The van der Waals surface area contributed by atoms with E-state index in [0.29, 0.717) is 10.9 Å². The van der Waals surface area contributed by atoms with Crippen LogP contribution in [0.25, 0.3) is 0 Å². The summed E-state index contributed by atoms with van der Waals surface area (Å²) in [5, 5.41) is 8.86. The fourth-order valence-corrected chi connectivity index (χ4v) is 5.12. The highest BCUT2D eigenvalue weighted by Crippen LogP contribution is 2.28. The molecule has 1 aromatic carbocycles. The van der Waals surface area contributed by atoms with Crippen molar-refractivity contribution >= 4 is 44.9 Å². The lowest BCUT2D eigenvalue weighted by Crippen LogP contribution is -2.24. The van der Waals surface area contributed by atoms with Crippen molar-refractivity contribution in [2.24, 2.45) is 5.14 Å². The van der Waals surface area contributed by atoms with Crippen LogP contribution in [-0.4, -0.2) is 37.5 Å². The second kappa shape index (κ2) is 6.25. The molecule has 5 nitrogen and oxygen atoms in total. The largest absolute Gasteiger partial charge is 0.396 e. The third-order valence-electron chi connectivity index (χ3n) is 2.78. The van der Waals surface area contributed by atoms with Gasteiger partial charge in [0.15, 0.2) is 0 Å². The van der Waals surface area contributed by atoms with Gasteiger partial charge in [-0.1, -0.05) is 6.07 Å². The van der Waals surface area contributed by atoms with Gasteiger partial charge < -0.3 is 11.1 Å². The molecular formula is C11H17N3O2S3. The van der Waals surface area contributed by atoms with Crippen molar-refractivity contribution < 1.29 is 8.42 Å². The smallest absolute Gasteiger partial charge is 0.240 e. The Bertz CT molecular complexity index is 542. The quantitative estimate of drug-likeness (QED) is 0.721. The van der Waals surface area contributed by atoms with Crippen molar-refractivity contribution in [1.82, 2.24) is 0 Å². The Morgan fingerprint density at radius 1 is 1.37 bits per heavy atom. The topological polar surface area (TPSA) is 98.2 Å². The number of anilines is 2.